The molecular formula is C12H20N2O2. The second-order valence-electron chi connectivity index (χ2n) is 5.06. The Labute approximate surface area is 96.8 Å². The van der Waals surface area contributed by atoms with Gasteiger partial charge in [0.25, 0.3) is 0 Å². The van der Waals surface area contributed by atoms with Gasteiger partial charge in [-0.2, -0.15) is 0 Å². The zero-order valence-corrected chi connectivity index (χ0v) is 10.2. The summed E-state index contributed by atoms with van der Waals surface area (Å²) in [5, 5.41) is 0. The Morgan fingerprint density at radius 1 is 1.50 bits per heavy atom. The minimum Gasteiger partial charge on any atom is -0.380 e. The van der Waals surface area contributed by atoms with E-state index in [4.69, 9.17) is 4.74 Å². The van der Waals surface area contributed by atoms with Crippen LogP contribution in [0.4, 0.5) is 0 Å². The van der Waals surface area contributed by atoms with E-state index >= 15 is 0 Å². The van der Waals surface area contributed by atoms with E-state index in [9.17, 15) is 4.79 Å². The lowest BCUT2D eigenvalue weighted by Crippen LogP contribution is -2.66. The van der Waals surface area contributed by atoms with E-state index in [1.165, 1.54) is 0 Å². The minimum atomic E-state index is 0.0632. The molecule has 4 nitrogen and oxygen atoms in total. The van der Waals surface area contributed by atoms with Crippen molar-refractivity contribution in [2.75, 3.05) is 46.4 Å². The molecule has 4 heteroatoms. The highest BCUT2D eigenvalue weighted by atomic mass is 16.5. The lowest BCUT2D eigenvalue weighted by molar-refractivity contribution is -0.186. The normalized spacial score (nSPS) is 22.4. The highest BCUT2D eigenvalue weighted by molar-refractivity contribution is 5.93. The number of ether oxygens (including phenoxy) is 1. The van der Waals surface area contributed by atoms with Crippen LogP contribution in [0.25, 0.3) is 0 Å². The highest BCUT2D eigenvalue weighted by Gasteiger charge is 2.48. The molecule has 2 heterocycles. The topological polar surface area (TPSA) is 32.8 Å². The molecule has 1 spiro atoms. The highest BCUT2D eigenvalue weighted by Crippen LogP contribution is 2.37. The van der Waals surface area contributed by atoms with Crippen molar-refractivity contribution in [3.8, 4) is 0 Å². The number of likely N-dealkylation sites (tertiary alicyclic amines) is 1. The summed E-state index contributed by atoms with van der Waals surface area (Å²) in [6.45, 7) is 11.1. The molecule has 2 fully saturated rings. The first kappa shape index (κ1) is 11.6. The number of likely N-dealkylation sites (N-methyl/N-ethyl adjacent to an activating group) is 1. The van der Waals surface area contributed by atoms with Gasteiger partial charge in [-0.1, -0.05) is 6.58 Å². The first-order valence-electron chi connectivity index (χ1n) is 5.80. The van der Waals surface area contributed by atoms with Crippen molar-refractivity contribution < 1.29 is 9.53 Å². The fourth-order valence-electron chi connectivity index (χ4n) is 2.34. The van der Waals surface area contributed by atoms with Crippen LogP contribution < -0.4 is 0 Å². The zero-order chi connectivity index (χ0) is 11.8. The molecule has 0 aromatic rings. The fourth-order valence-corrected chi connectivity index (χ4v) is 2.34. The molecule has 0 aliphatic carbocycles. The summed E-state index contributed by atoms with van der Waals surface area (Å²) in [5.41, 5.74) is 1.11. The fraction of sp³-hybridized carbons (Fsp3) is 0.750. The number of carbonyl (C=O) groups is 1. The third-order valence-electron chi connectivity index (χ3n) is 3.47. The van der Waals surface area contributed by atoms with Gasteiger partial charge in [0, 0.05) is 44.2 Å². The Hall–Kier alpha value is -0.870. The smallest absolute Gasteiger partial charge is 0.250 e. The number of hydrogen-bond donors (Lipinski definition) is 0. The van der Waals surface area contributed by atoms with Gasteiger partial charge in [0.05, 0.1) is 13.2 Å². The van der Waals surface area contributed by atoms with Crippen LogP contribution >= 0.6 is 0 Å². The molecule has 0 N–H and O–H groups in total. The van der Waals surface area contributed by atoms with Crippen molar-refractivity contribution in [1.82, 2.24) is 9.80 Å². The van der Waals surface area contributed by atoms with E-state index in [0.717, 1.165) is 32.8 Å². The molecule has 2 aliphatic heterocycles. The molecule has 0 atom stereocenters. The Morgan fingerprint density at radius 2 is 2.12 bits per heavy atom. The molecule has 0 aromatic heterocycles. The zero-order valence-electron chi connectivity index (χ0n) is 10.2. The summed E-state index contributed by atoms with van der Waals surface area (Å²) in [4.78, 5) is 15.7. The molecular weight excluding hydrogens is 204 g/mol. The maximum Gasteiger partial charge on any atom is 0.250 e. The number of carbonyl (C=O) groups excluding carboxylic acids is 1. The van der Waals surface area contributed by atoms with Gasteiger partial charge in [0.2, 0.25) is 5.91 Å². The predicted octanol–water partition coefficient (Wildman–Crippen LogP) is 0.353. The number of rotatable bonds is 4. The van der Waals surface area contributed by atoms with Crippen molar-refractivity contribution >= 4 is 5.91 Å². The third kappa shape index (κ3) is 1.99. The number of amides is 1. The van der Waals surface area contributed by atoms with Gasteiger partial charge >= 0.3 is 0 Å². The van der Waals surface area contributed by atoms with Crippen LogP contribution in [0.15, 0.2) is 12.2 Å². The van der Waals surface area contributed by atoms with E-state index < -0.39 is 0 Å². The van der Waals surface area contributed by atoms with E-state index in [1.54, 1.807) is 4.90 Å². The van der Waals surface area contributed by atoms with Crippen molar-refractivity contribution in [1.29, 1.82) is 0 Å². The average molecular weight is 224 g/mol. The molecule has 90 valence electrons. The van der Waals surface area contributed by atoms with Crippen molar-refractivity contribution in [2.24, 2.45) is 5.41 Å². The van der Waals surface area contributed by atoms with Gasteiger partial charge in [-0.15, -0.1) is 0 Å². The maximum absolute atomic E-state index is 11.8. The summed E-state index contributed by atoms with van der Waals surface area (Å²) < 4.78 is 5.21. The van der Waals surface area contributed by atoms with Gasteiger partial charge < -0.3 is 9.64 Å². The summed E-state index contributed by atoms with van der Waals surface area (Å²) in [5.74, 6) is 0.0632. The number of hydrogen-bond acceptors (Lipinski definition) is 3. The summed E-state index contributed by atoms with van der Waals surface area (Å²) in [6.07, 6.45) is 0. The molecule has 2 saturated heterocycles. The van der Waals surface area contributed by atoms with Crippen LogP contribution in [-0.2, 0) is 9.53 Å². The number of nitrogens with zero attached hydrogens (tertiary/aromatic N) is 2. The summed E-state index contributed by atoms with van der Waals surface area (Å²) >= 11 is 0. The first-order chi connectivity index (χ1) is 7.56. The lowest BCUT2D eigenvalue weighted by Gasteiger charge is -2.55. The van der Waals surface area contributed by atoms with Crippen LogP contribution in [-0.4, -0.2) is 62.1 Å². The second kappa shape index (κ2) is 4.18. The first-order valence-corrected chi connectivity index (χ1v) is 5.80. The lowest BCUT2D eigenvalue weighted by atomic mass is 9.78. The molecule has 0 bridgehead atoms. The van der Waals surface area contributed by atoms with E-state index in [-0.39, 0.29) is 5.91 Å². The molecule has 2 rings (SSSR count). The van der Waals surface area contributed by atoms with Crippen molar-refractivity contribution in [3.63, 3.8) is 0 Å². The Balaban J connectivity index is 1.74. The quantitative estimate of drug-likeness (QED) is 0.646. The third-order valence-corrected chi connectivity index (χ3v) is 3.47. The molecule has 0 aromatic carbocycles. The maximum atomic E-state index is 11.8. The Bertz CT molecular complexity index is 302. The SMILES string of the molecule is C=C(CN1CC2(COC2)C1)C(=O)N(C)CC. The molecule has 1 amide bonds. The molecule has 0 radical (unpaired) electrons. The largest absolute Gasteiger partial charge is 0.380 e. The van der Waals surface area contributed by atoms with Gasteiger partial charge in [-0.25, -0.2) is 0 Å². The molecule has 2 aliphatic rings. The van der Waals surface area contributed by atoms with Gasteiger partial charge in [0.1, 0.15) is 0 Å². The Morgan fingerprint density at radius 3 is 2.56 bits per heavy atom. The predicted molar refractivity (Wildman–Crippen MR) is 62.1 cm³/mol. The van der Waals surface area contributed by atoms with E-state index in [1.807, 2.05) is 14.0 Å². The Kier molecular flexibility index (Phi) is 3.04. The standard InChI is InChI=1S/C12H20N2O2/c1-4-13(3)11(15)10(2)5-14-6-12(7-14)8-16-9-12/h2,4-9H2,1,3H3. The van der Waals surface area contributed by atoms with Crippen LogP contribution in [0.1, 0.15) is 6.92 Å². The van der Waals surface area contributed by atoms with Crippen molar-refractivity contribution in [3.05, 3.63) is 12.2 Å². The minimum absolute atomic E-state index is 0.0632. The van der Waals surface area contributed by atoms with Crippen LogP contribution in [0.2, 0.25) is 0 Å². The monoisotopic (exact) mass is 224 g/mol. The van der Waals surface area contributed by atoms with Gasteiger partial charge in [0.15, 0.2) is 0 Å². The molecule has 16 heavy (non-hydrogen) atoms. The van der Waals surface area contributed by atoms with Crippen molar-refractivity contribution in [2.45, 2.75) is 6.92 Å². The average Bonchev–Trinajstić information content (AvgIpc) is 2.17. The van der Waals surface area contributed by atoms with E-state index in [2.05, 4.69) is 11.5 Å². The van der Waals surface area contributed by atoms with Crippen LogP contribution in [0.5, 0.6) is 0 Å². The van der Waals surface area contributed by atoms with E-state index in [0.29, 0.717) is 17.5 Å². The van der Waals surface area contributed by atoms with Gasteiger partial charge in [-0.05, 0) is 6.92 Å². The second-order valence-corrected chi connectivity index (χ2v) is 5.06. The molecule has 0 saturated carbocycles. The summed E-state index contributed by atoms with van der Waals surface area (Å²) in [7, 11) is 1.81. The van der Waals surface area contributed by atoms with Crippen LogP contribution in [0, 0.1) is 5.41 Å². The van der Waals surface area contributed by atoms with Gasteiger partial charge in [-0.3, -0.25) is 9.69 Å². The van der Waals surface area contributed by atoms with Crippen LogP contribution in [0.3, 0.4) is 0 Å². The summed E-state index contributed by atoms with van der Waals surface area (Å²) in [6, 6.07) is 0. The molecule has 0 unspecified atom stereocenters.